The normalized spacial score (nSPS) is 25.3. The first kappa shape index (κ1) is 11.3. The summed E-state index contributed by atoms with van der Waals surface area (Å²) in [7, 11) is -0.262. The van der Waals surface area contributed by atoms with E-state index in [1.165, 1.54) is 12.1 Å². The Hall–Kier alpha value is -0.805. The Kier molecular flexibility index (Phi) is 2.23. The molecule has 0 unspecified atom stereocenters. The Bertz CT molecular complexity index is 437. The van der Waals surface area contributed by atoms with Crippen LogP contribution in [0.15, 0.2) is 6.20 Å². The van der Waals surface area contributed by atoms with E-state index in [2.05, 4.69) is 37.5 Å². The maximum atomic E-state index is 6.06. The van der Waals surface area contributed by atoms with E-state index < -0.39 is 0 Å². The quantitative estimate of drug-likeness (QED) is 0.683. The van der Waals surface area contributed by atoms with Gasteiger partial charge in [0.15, 0.2) is 0 Å². The van der Waals surface area contributed by atoms with Gasteiger partial charge in [-0.25, -0.2) is 0 Å². The highest BCUT2D eigenvalue weighted by Gasteiger charge is 2.52. The van der Waals surface area contributed by atoms with Gasteiger partial charge < -0.3 is 9.31 Å². The number of nitrogens with zero attached hydrogens (tertiary/aromatic N) is 2. The average Bonchev–Trinajstić information content (AvgIpc) is 2.78. The minimum atomic E-state index is -0.273. The van der Waals surface area contributed by atoms with Crippen LogP contribution in [0.1, 0.15) is 39.8 Å². The molecule has 4 nitrogen and oxygen atoms in total. The summed E-state index contributed by atoms with van der Waals surface area (Å²) >= 11 is 0. The van der Waals surface area contributed by atoms with E-state index in [4.69, 9.17) is 9.31 Å². The highest BCUT2D eigenvalue weighted by Crippen LogP contribution is 2.36. The Balaban J connectivity index is 1.92. The maximum absolute atomic E-state index is 6.06. The van der Waals surface area contributed by atoms with Gasteiger partial charge in [0.1, 0.15) is 0 Å². The van der Waals surface area contributed by atoms with Crippen LogP contribution >= 0.6 is 0 Å². The van der Waals surface area contributed by atoms with Crippen molar-refractivity contribution in [1.82, 2.24) is 9.78 Å². The summed E-state index contributed by atoms with van der Waals surface area (Å²) in [4.78, 5) is 0. The third-order valence-corrected chi connectivity index (χ3v) is 4.27. The van der Waals surface area contributed by atoms with Crippen molar-refractivity contribution in [3.63, 3.8) is 0 Å². The van der Waals surface area contributed by atoms with E-state index in [1.54, 1.807) is 0 Å². The number of hydrogen-bond donors (Lipinski definition) is 0. The van der Waals surface area contributed by atoms with E-state index in [0.717, 1.165) is 18.4 Å². The van der Waals surface area contributed by atoms with Gasteiger partial charge in [-0.2, -0.15) is 5.10 Å². The molecule has 92 valence electrons. The Morgan fingerprint density at radius 1 is 1.24 bits per heavy atom. The zero-order valence-electron chi connectivity index (χ0n) is 11.0. The standard InChI is InChI=1S/C12H19BN2O2/c1-11(2)12(3,4)17-13(16-11)9-8-14-15-7-5-6-10(9)15/h8H,5-7H2,1-4H3. The summed E-state index contributed by atoms with van der Waals surface area (Å²) in [6.07, 6.45) is 4.16. The highest BCUT2D eigenvalue weighted by molar-refractivity contribution is 6.62. The van der Waals surface area contributed by atoms with Crippen LogP contribution in [-0.4, -0.2) is 28.1 Å². The summed E-state index contributed by atoms with van der Waals surface area (Å²) < 4.78 is 14.2. The molecule has 1 aromatic rings. The third kappa shape index (κ3) is 1.56. The Labute approximate surface area is 102 Å². The molecule has 0 radical (unpaired) electrons. The summed E-state index contributed by atoms with van der Waals surface area (Å²) in [5.74, 6) is 0. The van der Waals surface area contributed by atoms with Crippen LogP contribution < -0.4 is 5.46 Å². The molecule has 2 aliphatic rings. The van der Waals surface area contributed by atoms with E-state index in [-0.39, 0.29) is 18.3 Å². The van der Waals surface area contributed by atoms with Crippen molar-refractivity contribution in [2.75, 3.05) is 0 Å². The fourth-order valence-electron chi connectivity index (χ4n) is 2.45. The Morgan fingerprint density at radius 2 is 1.88 bits per heavy atom. The molecule has 0 atom stereocenters. The van der Waals surface area contributed by atoms with E-state index in [0.29, 0.717) is 0 Å². The van der Waals surface area contributed by atoms with Crippen LogP contribution in [0.4, 0.5) is 0 Å². The van der Waals surface area contributed by atoms with Crippen LogP contribution in [0, 0.1) is 0 Å². The van der Waals surface area contributed by atoms with Gasteiger partial charge >= 0.3 is 7.12 Å². The number of aryl methyl sites for hydroxylation is 1. The van der Waals surface area contributed by atoms with Gasteiger partial charge in [0.25, 0.3) is 0 Å². The Morgan fingerprint density at radius 3 is 2.53 bits per heavy atom. The fourth-order valence-corrected chi connectivity index (χ4v) is 2.45. The molecule has 1 saturated heterocycles. The molecule has 0 aromatic carbocycles. The molecule has 0 aliphatic carbocycles. The zero-order valence-corrected chi connectivity index (χ0v) is 11.0. The topological polar surface area (TPSA) is 36.3 Å². The molecule has 3 heterocycles. The smallest absolute Gasteiger partial charge is 0.399 e. The number of fused-ring (bicyclic) bond motifs is 1. The lowest BCUT2D eigenvalue weighted by Crippen LogP contribution is -2.41. The lowest BCUT2D eigenvalue weighted by Gasteiger charge is -2.32. The van der Waals surface area contributed by atoms with Gasteiger partial charge in [-0.1, -0.05) is 0 Å². The van der Waals surface area contributed by atoms with Crippen LogP contribution in [0.3, 0.4) is 0 Å². The van der Waals surface area contributed by atoms with Crippen molar-refractivity contribution in [2.24, 2.45) is 0 Å². The second-order valence-corrected chi connectivity index (χ2v) is 5.96. The van der Waals surface area contributed by atoms with Crippen molar-refractivity contribution in [3.8, 4) is 0 Å². The zero-order chi connectivity index (χ0) is 12.3. The second kappa shape index (κ2) is 3.36. The van der Waals surface area contributed by atoms with Crippen LogP contribution in [0.5, 0.6) is 0 Å². The van der Waals surface area contributed by atoms with Gasteiger partial charge in [0.05, 0.1) is 11.2 Å². The van der Waals surface area contributed by atoms with Gasteiger partial charge in [0, 0.05) is 23.9 Å². The van der Waals surface area contributed by atoms with Crippen molar-refractivity contribution in [3.05, 3.63) is 11.9 Å². The third-order valence-electron chi connectivity index (χ3n) is 4.27. The summed E-state index contributed by atoms with van der Waals surface area (Å²) in [5.41, 5.74) is 1.85. The molecule has 1 aromatic heterocycles. The molecule has 0 amide bonds. The van der Waals surface area contributed by atoms with Crippen molar-refractivity contribution < 1.29 is 9.31 Å². The lowest BCUT2D eigenvalue weighted by molar-refractivity contribution is 0.00578. The average molecular weight is 234 g/mol. The SMILES string of the molecule is CC1(C)OB(c2cnn3c2CCC3)OC1(C)C. The monoisotopic (exact) mass is 234 g/mol. The van der Waals surface area contributed by atoms with Crippen molar-refractivity contribution in [2.45, 2.75) is 58.3 Å². The van der Waals surface area contributed by atoms with E-state index >= 15 is 0 Å². The van der Waals surface area contributed by atoms with Crippen LogP contribution in [-0.2, 0) is 22.3 Å². The first-order valence-corrected chi connectivity index (χ1v) is 6.31. The van der Waals surface area contributed by atoms with E-state index in [1.807, 2.05) is 6.20 Å². The van der Waals surface area contributed by atoms with Gasteiger partial charge in [-0.05, 0) is 40.5 Å². The molecule has 5 heteroatoms. The minimum absolute atomic E-state index is 0.262. The molecule has 0 bridgehead atoms. The summed E-state index contributed by atoms with van der Waals surface area (Å²) in [6, 6.07) is 0. The first-order valence-electron chi connectivity index (χ1n) is 6.31. The predicted molar refractivity (Wildman–Crippen MR) is 66.3 cm³/mol. The number of hydrogen-bond acceptors (Lipinski definition) is 3. The van der Waals surface area contributed by atoms with Crippen molar-refractivity contribution in [1.29, 1.82) is 0 Å². The number of rotatable bonds is 1. The molecule has 1 fully saturated rings. The largest absolute Gasteiger partial charge is 0.498 e. The first-order chi connectivity index (χ1) is 7.91. The highest BCUT2D eigenvalue weighted by atomic mass is 16.7. The predicted octanol–water partition coefficient (Wildman–Crippen LogP) is 1.13. The summed E-state index contributed by atoms with van der Waals surface area (Å²) in [6.45, 7) is 9.34. The van der Waals surface area contributed by atoms with Crippen molar-refractivity contribution >= 4 is 12.6 Å². The molecule has 17 heavy (non-hydrogen) atoms. The molecule has 0 N–H and O–H groups in total. The van der Waals surface area contributed by atoms with Gasteiger partial charge in [-0.3, -0.25) is 4.68 Å². The number of aromatic nitrogens is 2. The maximum Gasteiger partial charge on any atom is 0.498 e. The molecule has 0 saturated carbocycles. The summed E-state index contributed by atoms with van der Waals surface area (Å²) in [5, 5.41) is 4.39. The minimum Gasteiger partial charge on any atom is -0.399 e. The molecular formula is C12H19BN2O2. The lowest BCUT2D eigenvalue weighted by atomic mass is 9.79. The van der Waals surface area contributed by atoms with Crippen LogP contribution in [0.2, 0.25) is 0 Å². The van der Waals surface area contributed by atoms with E-state index in [9.17, 15) is 0 Å². The van der Waals surface area contributed by atoms with Crippen LogP contribution in [0.25, 0.3) is 0 Å². The van der Waals surface area contributed by atoms with Gasteiger partial charge in [-0.15, -0.1) is 0 Å². The van der Waals surface area contributed by atoms with Gasteiger partial charge in [0.2, 0.25) is 0 Å². The fraction of sp³-hybridized carbons (Fsp3) is 0.750. The molecule has 3 rings (SSSR count). The molecule has 2 aliphatic heterocycles. The molecule has 0 spiro atoms. The second-order valence-electron chi connectivity index (χ2n) is 5.96. The molecular weight excluding hydrogens is 215 g/mol.